The molecule has 0 aliphatic carbocycles. The monoisotopic (exact) mass is 923 g/mol. The Hall–Kier alpha value is -5.29. The Morgan fingerprint density at radius 1 is 1.08 bits per heavy atom. The lowest BCUT2D eigenvalue weighted by molar-refractivity contribution is -0.170. The molecule has 3 aromatic rings. The van der Waals surface area contributed by atoms with Gasteiger partial charge >= 0.3 is 18.1 Å². The summed E-state index contributed by atoms with van der Waals surface area (Å²) in [6.07, 6.45) is -2.70. The predicted octanol–water partition coefficient (Wildman–Crippen LogP) is 3.88. The van der Waals surface area contributed by atoms with E-state index in [4.69, 9.17) is 4.74 Å². The van der Waals surface area contributed by atoms with Crippen molar-refractivity contribution in [2.24, 2.45) is 5.92 Å². The van der Waals surface area contributed by atoms with Crippen LogP contribution in [-0.4, -0.2) is 121 Å². The fraction of sp³-hybridized carbons (Fsp3) is 0.550. The number of aliphatic hydroxyl groups excluding tert-OH is 1. The molecule has 3 atom stereocenters. The van der Waals surface area contributed by atoms with E-state index >= 15 is 0 Å². The van der Waals surface area contributed by atoms with Crippen molar-refractivity contribution in [1.29, 1.82) is 0 Å². The number of halogens is 3. The maximum absolute atomic E-state index is 13.8. The number of ether oxygens (including phenoxy) is 1. The Kier molecular flexibility index (Phi) is 17.9. The van der Waals surface area contributed by atoms with E-state index < -0.39 is 60.0 Å². The molecule has 2 aromatic heterocycles. The van der Waals surface area contributed by atoms with Gasteiger partial charge in [-0.25, -0.2) is 14.8 Å². The van der Waals surface area contributed by atoms with Gasteiger partial charge in [-0.15, -0.1) is 0 Å². The Bertz CT molecular complexity index is 2190. The molecule has 1 fully saturated rings. The van der Waals surface area contributed by atoms with E-state index in [2.05, 4.69) is 35.9 Å². The smallest absolute Gasteiger partial charge is 0.467 e. The van der Waals surface area contributed by atoms with Crippen molar-refractivity contribution in [2.75, 3.05) is 36.2 Å². The number of likely N-dealkylation sites (tertiary alicyclic amines) is 1. The zero-order chi connectivity index (χ0) is 46.6. The van der Waals surface area contributed by atoms with Crippen LogP contribution in [0.25, 0.3) is 11.2 Å². The van der Waals surface area contributed by atoms with E-state index in [1.807, 2.05) is 20.8 Å². The second-order valence-corrected chi connectivity index (χ2v) is 18.8. The average Bonchev–Trinajstić information content (AvgIpc) is 3.63. The number of nitrogens with one attached hydrogen (secondary N) is 4. The first-order valence-electron chi connectivity index (χ1n) is 20.1. The number of aromatic nitrogens is 4. The predicted molar refractivity (Wildman–Crippen MR) is 230 cm³/mol. The molecule has 1 aromatic carbocycles. The highest BCUT2D eigenvalue weighted by Gasteiger charge is 2.43. The van der Waals surface area contributed by atoms with Crippen molar-refractivity contribution >= 4 is 79.9 Å². The molecule has 5 N–H and O–H groups in total. The standard InChI is InChI=1S/C40H52F3N9O9S2/c1-7-25-18-27(53)21-51(25)30(55)14-15-39(4,5)63-62-17-16-44-29(54)13-12-28(36(59)61-6)47-34(57)23-8-10-26(11-9-23)52(37(60)40(41,42)43)20-24-19-45-32-31(46-24)35(58)50-38(48-32)49-33(56)22(2)3/h8-11,19,22,25,27-28,53H,7,12-18,20-21H2,1-6H3,(H,44,54)(H,47,57)(H2,45,48,49,50,56,58)/t25-,27-,28+/m1/s1. The number of hydrogen-bond donors (Lipinski definition) is 5. The second-order valence-electron chi connectivity index (χ2n) is 15.6. The summed E-state index contributed by atoms with van der Waals surface area (Å²) < 4.78 is 45.9. The maximum atomic E-state index is 13.8. The number of esters is 1. The van der Waals surface area contributed by atoms with E-state index in [1.165, 1.54) is 10.8 Å². The van der Waals surface area contributed by atoms with Gasteiger partial charge in [0.15, 0.2) is 11.2 Å². The highest BCUT2D eigenvalue weighted by atomic mass is 33.1. The van der Waals surface area contributed by atoms with Gasteiger partial charge in [-0.1, -0.05) is 42.4 Å². The lowest BCUT2D eigenvalue weighted by Crippen LogP contribution is -2.42. The largest absolute Gasteiger partial charge is 0.471 e. The van der Waals surface area contributed by atoms with E-state index in [1.54, 1.807) is 29.5 Å². The van der Waals surface area contributed by atoms with Gasteiger partial charge in [0, 0.05) is 59.6 Å². The normalized spacial score (nSPS) is 15.8. The molecule has 23 heteroatoms. The molecular formula is C40H52F3N9O9S2. The number of nitrogens with zero attached hydrogens (tertiary/aromatic N) is 5. The molecule has 344 valence electrons. The van der Waals surface area contributed by atoms with Gasteiger partial charge in [-0.2, -0.15) is 18.2 Å². The van der Waals surface area contributed by atoms with E-state index in [0.717, 1.165) is 44.0 Å². The van der Waals surface area contributed by atoms with Gasteiger partial charge in [0.1, 0.15) is 6.04 Å². The topological polar surface area (TPSA) is 246 Å². The summed E-state index contributed by atoms with van der Waals surface area (Å²) in [5.41, 5.74) is -2.03. The lowest BCUT2D eigenvalue weighted by atomic mass is 10.1. The number of fused-ring (bicyclic) bond motifs is 1. The number of anilines is 2. The minimum Gasteiger partial charge on any atom is -0.467 e. The molecule has 1 saturated heterocycles. The summed E-state index contributed by atoms with van der Waals surface area (Å²) in [5.74, 6) is -4.82. The van der Waals surface area contributed by atoms with E-state index in [0.29, 0.717) is 43.0 Å². The number of alkyl halides is 3. The number of rotatable bonds is 20. The summed E-state index contributed by atoms with van der Waals surface area (Å²) in [6, 6.07) is 3.22. The minimum absolute atomic E-state index is 0.0320. The number of methoxy groups -OCH3 is 1. The molecular weight excluding hydrogens is 872 g/mol. The van der Waals surface area contributed by atoms with Crippen LogP contribution in [-0.2, 0) is 35.3 Å². The Morgan fingerprint density at radius 2 is 1.78 bits per heavy atom. The van der Waals surface area contributed by atoms with E-state index in [9.17, 15) is 51.8 Å². The quantitative estimate of drug-likeness (QED) is 0.0614. The van der Waals surface area contributed by atoms with Crippen molar-refractivity contribution in [3.05, 3.63) is 52.1 Å². The zero-order valence-electron chi connectivity index (χ0n) is 35.7. The Morgan fingerprint density at radius 3 is 2.41 bits per heavy atom. The highest BCUT2D eigenvalue weighted by Crippen LogP contribution is 2.39. The van der Waals surface area contributed by atoms with Crippen LogP contribution in [0.15, 0.2) is 35.3 Å². The van der Waals surface area contributed by atoms with Crippen molar-refractivity contribution < 1.29 is 51.8 Å². The third-order valence-electron chi connectivity index (χ3n) is 9.85. The fourth-order valence-electron chi connectivity index (χ4n) is 6.35. The highest BCUT2D eigenvalue weighted by molar-refractivity contribution is 8.77. The van der Waals surface area contributed by atoms with Gasteiger partial charge in [0.25, 0.3) is 11.5 Å². The molecule has 0 unspecified atom stereocenters. The number of carbonyl (C=O) groups is 6. The molecule has 0 saturated carbocycles. The van der Waals surface area contributed by atoms with Crippen LogP contribution in [0.3, 0.4) is 0 Å². The number of hydrogen-bond acceptors (Lipinski definition) is 14. The number of aliphatic hydroxyl groups is 1. The Labute approximate surface area is 369 Å². The number of amides is 5. The van der Waals surface area contributed by atoms with Crippen LogP contribution in [0.5, 0.6) is 0 Å². The van der Waals surface area contributed by atoms with Gasteiger partial charge in [-0.3, -0.25) is 44.0 Å². The molecule has 1 aliphatic rings. The molecule has 3 heterocycles. The molecule has 4 rings (SSSR count). The van der Waals surface area contributed by atoms with Gasteiger partial charge in [0.05, 0.1) is 31.6 Å². The summed E-state index contributed by atoms with van der Waals surface area (Å²) in [5, 5.41) is 17.6. The van der Waals surface area contributed by atoms with Crippen LogP contribution in [0.4, 0.5) is 24.8 Å². The molecule has 63 heavy (non-hydrogen) atoms. The molecule has 1 aliphatic heterocycles. The summed E-state index contributed by atoms with van der Waals surface area (Å²) in [4.78, 5) is 105. The zero-order valence-corrected chi connectivity index (χ0v) is 37.3. The average molecular weight is 924 g/mol. The maximum Gasteiger partial charge on any atom is 0.471 e. The second kappa shape index (κ2) is 22.4. The van der Waals surface area contributed by atoms with Crippen LogP contribution < -0.4 is 26.4 Å². The fourth-order valence-corrected chi connectivity index (χ4v) is 8.83. The lowest BCUT2D eigenvalue weighted by Gasteiger charge is -2.27. The van der Waals surface area contributed by atoms with Crippen molar-refractivity contribution in [3.63, 3.8) is 0 Å². The van der Waals surface area contributed by atoms with Crippen molar-refractivity contribution in [1.82, 2.24) is 35.5 Å². The molecule has 5 amide bonds. The molecule has 0 bridgehead atoms. The van der Waals surface area contributed by atoms with Gasteiger partial charge < -0.3 is 25.4 Å². The van der Waals surface area contributed by atoms with Crippen LogP contribution >= 0.6 is 21.6 Å². The van der Waals surface area contributed by atoms with Crippen molar-refractivity contribution in [3.8, 4) is 0 Å². The number of carbonyl (C=O) groups excluding carboxylic acids is 6. The Balaban J connectivity index is 1.30. The first kappa shape index (κ1) is 50.4. The number of benzene rings is 1. The summed E-state index contributed by atoms with van der Waals surface area (Å²) in [6.45, 7) is 9.19. The number of β-amino-alcohol motifs (C(OH)–C–C–N with tert-alkyl or cyclic N) is 1. The van der Waals surface area contributed by atoms with Crippen LogP contribution in [0.2, 0.25) is 0 Å². The van der Waals surface area contributed by atoms with Crippen molar-refractivity contribution in [2.45, 2.75) is 109 Å². The third-order valence-corrected chi connectivity index (χ3v) is 13.2. The number of H-pyrrole nitrogens is 1. The molecule has 0 radical (unpaired) electrons. The van der Waals surface area contributed by atoms with Gasteiger partial charge in [0.2, 0.25) is 23.7 Å². The molecule has 0 spiro atoms. The third kappa shape index (κ3) is 14.6. The first-order chi connectivity index (χ1) is 29.6. The van der Waals surface area contributed by atoms with E-state index in [-0.39, 0.29) is 69.5 Å². The minimum atomic E-state index is -5.33. The summed E-state index contributed by atoms with van der Waals surface area (Å²) in [7, 11) is 4.24. The number of aromatic amines is 1. The first-order valence-corrected chi connectivity index (χ1v) is 22.4. The molecule has 18 nitrogen and oxygen atoms in total. The SMILES string of the molecule is CC[C@@H]1C[C@@H](O)CN1C(=O)CCC(C)(C)SSCCNC(=O)CC[C@H](NC(=O)c1ccc(N(Cc2cnc3nc(NC(=O)C(C)C)[nH]c(=O)c3n2)C(=O)C(F)(F)F)cc1)C(=O)OC. The van der Waals surface area contributed by atoms with Gasteiger partial charge in [-0.05, 0) is 63.8 Å². The summed E-state index contributed by atoms with van der Waals surface area (Å²) >= 11 is 0. The van der Waals surface area contributed by atoms with Crippen LogP contribution in [0.1, 0.15) is 89.2 Å². The van der Waals surface area contributed by atoms with Crippen LogP contribution in [0, 0.1) is 5.92 Å².